The molecule has 0 aliphatic heterocycles. The molecule has 1 aromatic heterocycles. The zero-order valence-electron chi connectivity index (χ0n) is 12.1. The first-order chi connectivity index (χ1) is 10.4. The highest BCUT2D eigenvalue weighted by atomic mass is 14.9. The number of aryl methyl sites for hydroxylation is 1. The van der Waals surface area contributed by atoms with Crippen molar-refractivity contribution < 1.29 is 4.57 Å². The fraction of sp³-hybridized carbons (Fsp3) is 0.150. The monoisotopic (exact) mass is 274 g/mol. The second-order valence-electron chi connectivity index (χ2n) is 5.28. The number of rotatable bonds is 5. The molecule has 0 fully saturated rings. The zero-order valence-corrected chi connectivity index (χ0v) is 12.1. The molecular weight excluding hydrogens is 254 g/mol. The topological polar surface area (TPSA) is 3.88 Å². The van der Waals surface area contributed by atoms with Crippen LogP contribution >= 0.6 is 0 Å². The highest BCUT2D eigenvalue weighted by Crippen LogP contribution is 2.27. The summed E-state index contributed by atoms with van der Waals surface area (Å²) < 4.78 is 2.25. The molecule has 3 rings (SSSR count). The molecule has 0 N–H and O–H groups in total. The normalized spacial score (nSPS) is 10.7. The molecule has 1 heteroatoms. The Bertz CT molecular complexity index is 608. The van der Waals surface area contributed by atoms with Crippen molar-refractivity contribution in [2.24, 2.45) is 0 Å². The van der Waals surface area contributed by atoms with Crippen LogP contribution in [0.5, 0.6) is 0 Å². The van der Waals surface area contributed by atoms with Crippen LogP contribution in [0.15, 0.2) is 91.3 Å². The summed E-state index contributed by atoms with van der Waals surface area (Å²) >= 11 is 0. The lowest BCUT2D eigenvalue weighted by atomic mass is 9.88. The molecule has 0 saturated carbocycles. The summed E-state index contributed by atoms with van der Waals surface area (Å²) in [5.41, 5.74) is 2.78. The van der Waals surface area contributed by atoms with E-state index in [0.717, 1.165) is 13.0 Å². The maximum absolute atomic E-state index is 2.25. The smallest absolute Gasteiger partial charge is 0.168 e. The average Bonchev–Trinajstić information content (AvgIpc) is 2.58. The van der Waals surface area contributed by atoms with Gasteiger partial charge in [0.15, 0.2) is 12.4 Å². The molecule has 0 bridgehead atoms. The van der Waals surface area contributed by atoms with Crippen LogP contribution < -0.4 is 4.57 Å². The predicted octanol–water partition coefficient (Wildman–Crippen LogP) is 4.20. The fourth-order valence-electron chi connectivity index (χ4n) is 2.76. The minimum absolute atomic E-state index is 0.445. The first kappa shape index (κ1) is 13.6. The molecule has 0 spiro atoms. The third kappa shape index (κ3) is 3.57. The summed E-state index contributed by atoms with van der Waals surface area (Å²) in [6, 6.07) is 27.8. The number of aromatic nitrogens is 1. The van der Waals surface area contributed by atoms with Gasteiger partial charge < -0.3 is 0 Å². The summed E-state index contributed by atoms with van der Waals surface area (Å²) in [6.07, 6.45) is 5.36. The van der Waals surface area contributed by atoms with Crippen molar-refractivity contribution in [1.29, 1.82) is 0 Å². The van der Waals surface area contributed by atoms with Gasteiger partial charge in [-0.2, -0.15) is 0 Å². The lowest BCUT2D eigenvalue weighted by Crippen LogP contribution is -2.33. The van der Waals surface area contributed by atoms with E-state index in [1.165, 1.54) is 11.1 Å². The Morgan fingerprint density at radius 2 is 1.10 bits per heavy atom. The van der Waals surface area contributed by atoms with Crippen LogP contribution in [0.4, 0.5) is 0 Å². The van der Waals surface area contributed by atoms with Gasteiger partial charge in [-0.3, -0.25) is 0 Å². The van der Waals surface area contributed by atoms with Crippen LogP contribution in [0.2, 0.25) is 0 Å². The van der Waals surface area contributed by atoms with Crippen LogP contribution in [-0.2, 0) is 6.54 Å². The Labute approximate surface area is 126 Å². The Hall–Kier alpha value is -2.41. The Kier molecular flexibility index (Phi) is 4.42. The van der Waals surface area contributed by atoms with Crippen molar-refractivity contribution in [1.82, 2.24) is 0 Å². The highest BCUT2D eigenvalue weighted by molar-refractivity contribution is 5.31. The van der Waals surface area contributed by atoms with E-state index in [-0.39, 0.29) is 0 Å². The Balaban J connectivity index is 1.83. The van der Waals surface area contributed by atoms with Crippen molar-refractivity contribution in [3.05, 3.63) is 102 Å². The molecule has 0 radical (unpaired) electrons. The number of hydrogen-bond acceptors (Lipinski definition) is 0. The number of pyridine rings is 1. The first-order valence-electron chi connectivity index (χ1n) is 7.47. The van der Waals surface area contributed by atoms with E-state index in [9.17, 15) is 0 Å². The number of nitrogens with zero attached hydrogens (tertiary/aromatic N) is 1. The van der Waals surface area contributed by atoms with Crippen molar-refractivity contribution in [3.8, 4) is 0 Å². The predicted molar refractivity (Wildman–Crippen MR) is 86.0 cm³/mol. The second-order valence-corrected chi connectivity index (χ2v) is 5.28. The van der Waals surface area contributed by atoms with Gasteiger partial charge >= 0.3 is 0 Å². The summed E-state index contributed by atoms with van der Waals surface area (Å²) in [7, 11) is 0. The lowest BCUT2D eigenvalue weighted by molar-refractivity contribution is -0.697. The maximum atomic E-state index is 2.25. The van der Waals surface area contributed by atoms with E-state index in [1.54, 1.807) is 0 Å². The van der Waals surface area contributed by atoms with Gasteiger partial charge in [-0.05, 0) is 11.1 Å². The average molecular weight is 274 g/mol. The van der Waals surface area contributed by atoms with E-state index < -0.39 is 0 Å². The second kappa shape index (κ2) is 6.85. The molecule has 0 aliphatic rings. The minimum atomic E-state index is 0.445. The molecule has 0 atom stereocenters. The first-order valence-corrected chi connectivity index (χ1v) is 7.47. The van der Waals surface area contributed by atoms with Gasteiger partial charge in [0.05, 0.1) is 0 Å². The van der Waals surface area contributed by atoms with E-state index in [0.29, 0.717) is 5.92 Å². The fourth-order valence-corrected chi connectivity index (χ4v) is 2.76. The molecule has 0 unspecified atom stereocenters. The highest BCUT2D eigenvalue weighted by Gasteiger charge is 2.15. The molecule has 0 saturated heterocycles. The van der Waals surface area contributed by atoms with Gasteiger partial charge in [-0.15, -0.1) is 0 Å². The van der Waals surface area contributed by atoms with Crippen LogP contribution in [0, 0.1) is 0 Å². The molecule has 1 heterocycles. The van der Waals surface area contributed by atoms with Crippen LogP contribution in [0.25, 0.3) is 0 Å². The van der Waals surface area contributed by atoms with Crippen LogP contribution in [0.1, 0.15) is 23.5 Å². The summed E-state index contributed by atoms with van der Waals surface area (Å²) in [5, 5.41) is 0. The third-order valence-corrected chi connectivity index (χ3v) is 3.86. The third-order valence-electron chi connectivity index (χ3n) is 3.86. The number of hydrogen-bond donors (Lipinski definition) is 0. The van der Waals surface area contributed by atoms with Crippen molar-refractivity contribution in [3.63, 3.8) is 0 Å². The van der Waals surface area contributed by atoms with E-state index in [4.69, 9.17) is 0 Å². The van der Waals surface area contributed by atoms with Crippen molar-refractivity contribution >= 4 is 0 Å². The quantitative estimate of drug-likeness (QED) is 0.614. The van der Waals surface area contributed by atoms with Gasteiger partial charge in [0, 0.05) is 24.5 Å². The van der Waals surface area contributed by atoms with E-state index >= 15 is 0 Å². The Morgan fingerprint density at radius 1 is 0.619 bits per heavy atom. The van der Waals surface area contributed by atoms with Crippen molar-refractivity contribution in [2.75, 3.05) is 0 Å². The Morgan fingerprint density at radius 3 is 1.62 bits per heavy atom. The van der Waals surface area contributed by atoms with Gasteiger partial charge in [0.25, 0.3) is 0 Å². The summed E-state index contributed by atoms with van der Waals surface area (Å²) in [6.45, 7) is 1.02. The standard InChI is InChI=1S/C20H20N/c1-4-10-18(11-5-1)20(19-12-6-2-7-13-19)14-17-21-15-8-3-9-16-21/h1-13,15-16,20H,14,17H2/q+1. The van der Waals surface area contributed by atoms with Crippen LogP contribution in [-0.4, -0.2) is 0 Å². The SMILES string of the molecule is c1ccc(C(CC[n+]2ccccc2)c2ccccc2)cc1. The molecule has 3 aromatic rings. The molecule has 21 heavy (non-hydrogen) atoms. The van der Waals surface area contributed by atoms with Crippen molar-refractivity contribution in [2.45, 2.75) is 18.9 Å². The van der Waals surface area contributed by atoms with Crippen LogP contribution in [0.3, 0.4) is 0 Å². The largest absolute Gasteiger partial charge is 0.205 e. The van der Waals surface area contributed by atoms with Gasteiger partial charge in [-0.25, -0.2) is 4.57 Å². The number of benzene rings is 2. The lowest BCUT2D eigenvalue weighted by Gasteiger charge is -2.16. The maximum Gasteiger partial charge on any atom is 0.168 e. The molecule has 1 nitrogen and oxygen atoms in total. The molecule has 2 aromatic carbocycles. The molecule has 0 amide bonds. The van der Waals surface area contributed by atoms with E-state index in [1.807, 2.05) is 0 Å². The summed E-state index contributed by atoms with van der Waals surface area (Å²) in [5.74, 6) is 0.445. The van der Waals surface area contributed by atoms with E-state index in [2.05, 4.69) is 95.8 Å². The molecule has 104 valence electrons. The minimum Gasteiger partial charge on any atom is -0.205 e. The summed E-state index contributed by atoms with van der Waals surface area (Å²) in [4.78, 5) is 0. The zero-order chi connectivity index (χ0) is 14.3. The van der Waals surface area contributed by atoms with Gasteiger partial charge in [0.1, 0.15) is 6.54 Å². The van der Waals surface area contributed by atoms with Gasteiger partial charge in [-0.1, -0.05) is 66.7 Å². The van der Waals surface area contributed by atoms with Gasteiger partial charge in [0.2, 0.25) is 0 Å². The molecule has 0 aliphatic carbocycles. The molecular formula is C20H20N+.